The SMILES string of the molecule is C/C(=C/C(=O)Nc1ccnn1Cc1ccccc1)c1ccc(F)cc1. The van der Waals surface area contributed by atoms with Crippen LogP contribution in [-0.4, -0.2) is 15.7 Å². The summed E-state index contributed by atoms with van der Waals surface area (Å²) in [6, 6.07) is 17.7. The molecule has 0 unspecified atom stereocenters. The molecule has 3 aromatic rings. The first-order valence-corrected chi connectivity index (χ1v) is 7.93. The molecule has 1 amide bonds. The zero-order valence-electron chi connectivity index (χ0n) is 13.8. The van der Waals surface area contributed by atoms with Crippen LogP contribution >= 0.6 is 0 Å². The van der Waals surface area contributed by atoms with Crippen molar-refractivity contribution in [2.75, 3.05) is 5.32 Å². The summed E-state index contributed by atoms with van der Waals surface area (Å²) >= 11 is 0. The van der Waals surface area contributed by atoms with Crippen LogP contribution in [0.4, 0.5) is 10.2 Å². The van der Waals surface area contributed by atoms with Crippen LogP contribution in [0.2, 0.25) is 0 Å². The molecule has 0 aliphatic carbocycles. The van der Waals surface area contributed by atoms with Gasteiger partial charge in [0.1, 0.15) is 11.6 Å². The van der Waals surface area contributed by atoms with Crippen molar-refractivity contribution in [3.05, 3.63) is 89.9 Å². The fourth-order valence-electron chi connectivity index (χ4n) is 2.48. The third-order valence-corrected chi connectivity index (χ3v) is 3.79. The van der Waals surface area contributed by atoms with E-state index in [-0.39, 0.29) is 11.7 Å². The van der Waals surface area contributed by atoms with Crippen molar-refractivity contribution in [1.29, 1.82) is 0 Å². The van der Waals surface area contributed by atoms with E-state index in [2.05, 4.69) is 10.4 Å². The molecule has 0 spiro atoms. The topological polar surface area (TPSA) is 46.9 Å². The lowest BCUT2D eigenvalue weighted by molar-refractivity contribution is -0.111. The lowest BCUT2D eigenvalue weighted by Gasteiger charge is -2.08. The second-order valence-electron chi connectivity index (χ2n) is 5.68. The van der Waals surface area contributed by atoms with Gasteiger partial charge in [0, 0.05) is 12.1 Å². The first-order valence-electron chi connectivity index (χ1n) is 7.93. The summed E-state index contributed by atoms with van der Waals surface area (Å²) in [4.78, 5) is 12.3. The normalized spacial score (nSPS) is 11.4. The Labute approximate surface area is 145 Å². The largest absolute Gasteiger partial charge is 0.307 e. The fourth-order valence-corrected chi connectivity index (χ4v) is 2.48. The Balaban J connectivity index is 1.70. The average molecular weight is 335 g/mol. The van der Waals surface area contributed by atoms with E-state index in [1.807, 2.05) is 37.3 Å². The van der Waals surface area contributed by atoms with Gasteiger partial charge in [-0.3, -0.25) is 4.79 Å². The number of benzene rings is 2. The molecule has 0 fully saturated rings. The number of anilines is 1. The minimum atomic E-state index is -0.300. The van der Waals surface area contributed by atoms with Crippen molar-refractivity contribution in [3.63, 3.8) is 0 Å². The molecule has 4 nitrogen and oxygen atoms in total. The predicted molar refractivity (Wildman–Crippen MR) is 96.5 cm³/mol. The van der Waals surface area contributed by atoms with Crippen LogP contribution < -0.4 is 5.32 Å². The summed E-state index contributed by atoms with van der Waals surface area (Å²) in [6.07, 6.45) is 3.14. The molecule has 5 heteroatoms. The van der Waals surface area contributed by atoms with Gasteiger partial charge in [-0.25, -0.2) is 9.07 Å². The van der Waals surface area contributed by atoms with Gasteiger partial charge in [-0.05, 0) is 35.8 Å². The highest BCUT2D eigenvalue weighted by Gasteiger charge is 2.07. The lowest BCUT2D eigenvalue weighted by atomic mass is 10.1. The van der Waals surface area contributed by atoms with Gasteiger partial charge >= 0.3 is 0 Å². The highest BCUT2D eigenvalue weighted by molar-refractivity contribution is 6.03. The molecule has 0 saturated heterocycles. The highest BCUT2D eigenvalue weighted by atomic mass is 19.1. The van der Waals surface area contributed by atoms with Crippen LogP contribution in [0.5, 0.6) is 0 Å². The Morgan fingerprint density at radius 2 is 1.84 bits per heavy atom. The molecule has 1 aromatic heterocycles. The Bertz CT molecular complexity index is 883. The monoisotopic (exact) mass is 335 g/mol. The number of halogens is 1. The molecule has 25 heavy (non-hydrogen) atoms. The molecule has 1 N–H and O–H groups in total. The van der Waals surface area contributed by atoms with Gasteiger partial charge in [-0.2, -0.15) is 5.10 Å². The Kier molecular flexibility index (Phi) is 5.04. The third-order valence-electron chi connectivity index (χ3n) is 3.79. The molecular formula is C20H18FN3O. The lowest BCUT2D eigenvalue weighted by Crippen LogP contribution is -2.14. The van der Waals surface area contributed by atoms with Crippen LogP contribution in [0.1, 0.15) is 18.1 Å². The van der Waals surface area contributed by atoms with Gasteiger partial charge in [0.2, 0.25) is 5.91 Å². The smallest absolute Gasteiger partial charge is 0.249 e. The first-order chi connectivity index (χ1) is 12.1. The average Bonchev–Trinajstić information content (AvgIpc) is 3.03. The van der Waals surface area contributed by atoms with E-state index in [1.54, 1.807) is 29.1 Å². The molecule has 126 valence electrons. The van der Waals surface area contributed by atoms with Gasteiger partial charge in [-0.15, -0.1) is 0 Å². The molecule has 3 rings (SSSR count). The zero-order valence-corrected chi connectivity index (χ0v) is 13.8. The number of nitrogens with one attached hydrogen (secondary N) is 1. The number of hydrogen-bond acceptors (Lipinski definition) is 2. The molecule has 2 aromatic carbocycles. The van der Waals surface area contributed by atoms with E-state index in [0.717, 1.165) is 16.7 Å². The van der Waals surface area contributed by atoms with Crippen LogP contribution in [0.3, 0.4) is 0 Å². The van der Waals surface area contributed by atoms with Crippen LogP contribution in [0.25, 0.3) is 5.57 Å². The molecule has 0 aliphatic rings. The van der Waals surface area contributed by atoms with Gasteiger partial charge in [0.25, 0.3) is 0 Å². The molecule has 0 aliphatic heterocycles. The summed E-state index contributed by atoms with van der Waals surface area (Å²) in [6.45, 7) is 2.39. The third kappa shape index (κ3) is 4.41. The van der Waals surface area contributed by atoms with Gasteiger partial charge in [0.05, 0.1) is 12.7 Å². The number of rotatable bonds is 5. The maximum absolute atomic E-state index is 13.0. The number of allylic oxidation sites excluding steroid dienone is 1. The van der Waals surface area contributed by atoms with Crippen molar-refractivity contribution in [1.82, 2.24) is 9.78 Å². The van der Waals surface area contributed by atoms with E-state index in [1.165, 1.54) is 18.2 Å². The summed E-state index contributed by atoms with van der Waals surface area (Å²) in [5.41, 5.74) is 2.65. The Morgan fingerprint density at radius 1 is 1.12 bits per heavy atom. The highest BCUT2D eigenvalue weighted by Crippen LogP contribution is 2.15. The van der Waals surface area contributed by atoms with Crippen molar-refractivity contribution in [2.24, 2.45) is 0 Å². The van der Waals surface area contributed by atoms with Crippen LogP contribution in [-0.2, 0) is 11.3 Å². The van der Waals surface area contributed by atoms with Crippen LogP contribution in [0, 0.1) is 5.82 Å². The number of aromatic nitrogens is 2. The maximum Gasteiger partial charge on any atom is 0.249 e. The van der Waals surface area contributed by atoms with Crippen molar-refractivity contribution in [2.45, 2.75) is 13.5 Å². The zero-order chi connectivity index (χ0) is 17.6. The number of nitrogens with zero attached hydrogens (tertiary/aromatic N) is 2. The fraction of sp³-hybridized carbons (Fsp3) is 0.100. The summed E-state index contributed by atoms with van der Waals surface area (Å²) < 4.78 is 14.7. The number of carbonyl (C=O) groups is 1. The number of amides is 1. The van der Waals surface area contributed by atoms with Gasteiger partial charge in [-0.1, -0.05) is 42.5 Å². The molecule has 1 heterocycles. The Hall–Kier alpha value is -3.21. The maximum atomic E-state index is 13.0. The quantitative estimate of drug-likeness (QED) is 0.713. The minimum absolute atomic E-state index is 0.253. The summed E-state index contributed by atoms with van der Waals surface area (Å²) in [7, 11) is 0. The Morgan fingerprint density at radius 3 is 2.56 bits per heavy atom. The molecular weight excluding hydrogens is 317 g/mol. The van der Waals surface area contributed by atoms with E-state index < -0.39 is 0 Å². The first kappa shape index (κ1) is 16.6. The van der Waals surface area contributed by atoms with E-state index in [9.17, 15) is 9.18 Å². The van der Waals surface area contributed by atoms with E-state index >= 15 is 0 Å². The second-order valence-corrected chi connectivity index (χ2v) is 5.68. The van der Waals surface area contributed by atoms with E-state index in [4.69, 9.17) is 0 Å². The van der Waals surface area contributed by atoms with Gasteiger partial charge < -0.3 is 5.32 Å². The molecule has 0 radical (unpaired) electrons. The number of carbonyl (C=O) groups excluding carboxylic acids is 1. The minimum Gasteiger partial charge on any atom is -0.307 e. The molecule has 0 saturated carbocycles. The van der Waals surface area contributed by atoms with E-state index in [0.29, 0.717) is 12.4 Å². The van der Waals surface area contributed by atoms with Crippen LogP contribution in [0.15, 0.2) is 72.9 Å². The van der Waals surface area contributed by atoms with Crippen molar-refractivity contribution >= 4 is 17.3 Å². The standard InChI is InChI=1S/C20H18FN3O/c1-15(17-7-9-18(21)10-8-17)13-20(25)23-19-11-12-22-24(19)14-16-5-3-2-4-6-16/h2-13H,14H2,1H3,(H,23,25)/b15-13-. The predicted octanol–water partition coefficient (Wildman–Crippen LogP) is 4.11. The van der Waals surface area contributed by atoms with Gasteiger partial charge in [0.15, 0.2) is 0 Å². The van der Waals surface area contributed by atoms with Crippen molar-refractivity contribution < 1.29 is 9.18 Å². The molecule has 0 atom stereocenters. The summed E-state index contributed by atoms with van der Waals surface area (Å²) in [5, 5.41) is 7.09. The summed E-state index contributed by atoms with van der Waals surface area (Å²) in [5.74, 6) is 0.0689. The number of hydrogen-bond donors (Lipinski definition) is 1. The molecule has 0 bridgehead atoms. The second kappa shape index (κ2) is 7.57. The van der Waals surface area contributed by atoms with Crippen molar-refractivity contribution in [3.8, 4) is 0 Å².